The lowest BCUT2D eigenvalue weighted by molar-refractivity contribution is -0.208. The highest BCUT2D eigenvalue weighted by atomic mass is 16.5. The molecule has 2 aliphatic rings. The highest BCUT2D eigenvalue weighted by Gasteiger charge is 2.49. The molecule has 1 aliphatic carbocycles. The van der Waals surface area contributed by atoms with Crippen LogP contribution in [0.5, 0.6) is 0 Å². The molecule has 0 bridgehead atoms. The van der Waals surface area contributed by atoms with Crippen molar-refractivity contribution in [1.82, 2.24) is 0 Å². The fourth-order valence-electron chi connectivity index (χ4n) is 1.96. The van der Waals surface area contributed by atoms with Crippen molar-refractivity contribution in [2.45, 2.75) is 31.2 Å². The number of aliphatic hydroxyl groups excluding tert-OH is 2. The van der Waals surface area contributed by atoms with Gasteiger partial charge in [-0.1, -0.05) is 0 Å². The van der Waals surface area contributed by atoms with Crippen molar-refractivity contribution in [3.8, 4) is 0 Å². The second kappa shape index (κ2) is 2.19. The van der Waals surface area contributed by atoms with E-state index < -0.39 is 0 Å². The maximum Gasteiger partial charge on any atom is 0.0892 e. The molecule has 2 fully saturated rings. The predicted molar refractivity (Wildman–Crippen MR) is 34.5 cm³/mol. The Balaban J connectivity index is 1.96. The van der Waals surface area contributed by atoms with Gasteiger partial charge in [-0.05, 0) is 12.8 Å². The molecule has 10 heavy (non-hydrogen) atoms. The van der Waals surface area contributed by atoms with Crippen LogP contribution in [0.3, 0.4) is 0 Å². The van der Waals surface area contributed by atoms with Crippen molar-refractivity contribution in [1.29, 1.82) is 0 Å². The summed E-state index contributed by atoms with van der Waals surface area (Å²) in [5.74, 6) is 0.431. The van der Waals surface area contributed by atoms with E-state index >= 15 is 0 Å². The summed E-state index contributed by atoms with van der Waals surface area (Å²) in [6, 6.07) is 0. The summed E-state index contributed by atoms with van der Waals surface area (Å²) >= 11 is 0. The molecule has 2 rings (SSSR count). The summed E-state index contributed by atoms with van der Waals surface area (Å²) in [6.45, 7) is 0.105. The van der Waals surface area contributed by atoms with Crippen LogP contribution in [0.2, 0.25) is 0 Å². The van der Waals surface area contributed by atoms with Gasteiger partial charge in [0.2, 0.25) is 0 Å². The third kappa shape index (κ3) is 0.713. The van der Waals surface area contributed by atoms with E-state index in [4.69, 9.17) is 9.84 Å². The summed E-state index contributed by atoms with van der Waals surface area (Å²) in [5.41, 5.74) is 0. The lowest BCUT2D eigenvalue weighted by Crippen LogP contribution is -2.51. The van der Waals surface area contributed by atoms with E-state index in [0.29, 0.717) is 5.92 Å². The van der Waals surface area contributed by atoms with Crippen LogP contribution in [-0.4, -0.2) is 35.1 Å². The average Bonchev–Trinajstić information content (AvgIpc) is 2.10. The molecule has 3 nitrogen and oxygen atoms in total. The fourth-order valence-corrected chi connectivity index (χ4v) is 1.96. The Morgan fingerprint density at radius 2 is 2.20 bits per heavy atom. The van der Waals surface area contributed by atoms with E-state index in [-0.39, 0.29) is 24.9 Å². The number of fused-ring (bicyclic) bond motifs is 1. The van der Waals surface area contributed by atoms with Gasteiger partial charge < -0.3 is 14.9 Å². The van der Waals surface area contributed by atoms with E-state index in [0.717, 1.165) is 12.8 Å². The SMILES string of the molecule is OCC1OC2C(O)CCC12. The molecule has 1 heterocycles. The Hall–Kier alpha value is -0.120. The molecule has 58 valence electrons. The maximum absolute atomic E-state index is 9.23. The first kappa shape index (κ1) is 6.58. The number of hydrogen-bond donors (Lipinski definition) is 2. The summed E-state index contributed by atoms with van der Waals surface area (Å²) in [5, 5.41) is 17.9. The van der Waals surface area contributed by atoms with Crippen LogP contribution in [0.25, 0.3) is 0 Å². The molecule has 4 atom stereocenters. The van der Waals surface area contributed by atoms with Crippen molar-refractivity contribution in [2.24, 2.45) is 5.92 Å². The highest BCUT2D eigenvalue weighted by molar-refractivity contribution is 4.97. The molecule has 2 N–H and O–H groups in total. The number of ether oxygens (including phenoxy) is 1. The van der Waals surface area contributed by atoms with Gasteiger partial charge >= 0.3 is 0 Å². The lowest BCUT2D eigenvalue weighted by Gasteiger charge is -2.40. The van der Waals surface area contributed by atoms with E-state index in [1.165, 1.54) is 0 Å². The minimum atomic E-state index is -0.271. The first-order chi connectivity index (χ1) is 4.83. The van der Waals surface area contributed by atoms with Crippen molar-refractivity contribution in [2.75, 3.05) is 6.61 Å². The van der Waals surface area contributed by atoms with E-state index in [9.17, 15) is 5.11 Å². The molecule has 1 saturated heterocycles. The van der Waals surface area contributed by atoms with Crippen molar-refractivity contribution in [3.05, 3.63) is 0 Å². The molecule has 4 unspecified atom stereocenters. The van der Waals surface area contributed by atoms with Crippen LogP contribution in [-0.2, 0) is 4.74 Å². The number of aliphatic hydroxyl groups is 2. The Bertz CT molecular complexity index is 137. The fraction of sp³-hybridized carbons (Fsp3) is 1.00. The van der Waals surface area contributed by atoms with Crippen molar-refractivity contribution in [3.63, 3.8) is 0 Å². The van der Waals surface area contributed by atoms with Gasteiger partial charge in [0.25, 0.3) is 0 Å². The van der Waals surface area contributed by atoms with Crippen LogP contribution in [0.1, 0.15) is 12.8 Å². The molecule has 0 radical (unpaired) electrons. The van der Waals surface area contributed by atoms with E-state index in [1.807, 2.05) is 0 Å². The molecule has 0 aromatic rings. The summed E-state index contributed by atoms with van der Waals surface area (Å²) in [6.07, 6.45) is 1.63. The second-order valence-corrected chi connectivity index (χ2v) is 3.13. The largest absolute Gasteiger partial charge is 0.394 e. The Kier molecular flexibility index (Phi) is 1.44. The monoisotopic (exact) mass is 144 g/mol. The normalized spacial score (nSPS) is 52.2. The van der Waals surface area contributed by atoms with Gasteiger partial charge in [0.1, 0.15) is 0 Å². The van der Waals surface area contributed by atoms with Gasteiger partial charge in [0, 0.05) is 5.92 Å². The van der Waals surface area contributed by atoms with Gasteiger partial charge in [0.15, 0.2) is 0 Å². The Morgan fingerprint density at radius 3 is 2.80 bits per heavy atom. The lowest BCUT2D eigenvalue weighted by atomic mass is 9.92. The summed E-state index contributed by atoms with van der Waals surface area (Å²) in [7, 11) is 0. The Morgan fingerprint density at radius 1 is 1.40 bits per heavy atom. The van der Waals surface area contributed by atoms with Crippen LogP contribution in [0.4, 0.5) is 0 Å². The number of rotatable bonds is 1. The van der Waals surface area contributed by atoms with Crippen LogP contribution in [0, 0.1) is 5.92 Å². The minimum Gasteiger partial charge on any atom is -0.394 e. The van der Waals surface area contributed by atoms with Crippen LogP contribution >= 0.6 is 0 Å². The molecule has 3 heteroatoms. The third-order valence-corrected chi connectivity index (χ3v) is 2.59. The zero-order valence-electron chi connectivity index (χ0n) is 5.73. The van der Waals surface area contributed by atoms with Gasteiger partial charge in [-0.2, -0.15) is 0 Å². The predicted octanol–water partition coefficient (Wildman–Crippen LogP) is -0.483. The summed E-state index contributed by atoms with van der Waals surface area (Å²) < 4.78 is 5.22. The molecule has 1 aliphatic heterocycles. The first-order valence-electron chi connectivity index (χ1n) is 3.77. The Labute approximate surface area is 59.6 Å². The smallest absolute Gasteiger partial charge is 0.0892 e. The highest BCUT2D eigenvalue weighted by Crippen LogP contribution is 2.41. The zero-order valence-corrected chi connectivity index (χ0v) is 5.73. The quantitative estimate of drug-likeness (QED) is 0.522. The van der Waals surface area contributed by atoms with E-state index in [2.05, 4.69) is 0 Å². The van der Waals surface area contributed by atoms with Gasteiger partial charge in [-0.15, -0.1) is 0 Å². The first-order valence-corrected chi connectivity index (χ1v) is 3.77. The van der Waals surface area contributed by atoms with Crippen LogP contribution < -0.4 is 0 Å². The molecule has 0 amide bonds. The van der Waals surface area contributed by atoms with Crippen LogP contribution in [0.15, 0.2) is 0 Å². The molecular weight excluding hydrogens is 132 g/mol. The van der Waals surface area contributed by atoms with E-state index in [1.54, 1.807) is 0 Å². The van der Waals surface area contributed by atoms with Crippen molar-refractivity contribution < 1.29 is 14.9 Å². The summed E-state index contributed by atoms with van der Waals surface area (Å²) in [4.78, 5) is 0. The van der Waals surface area contributed by atoms with Gasteiger partial charge in [-0.3, -0.25) is 0 Å². The van der Waals surface area contributed by atoms with Gasteiger partial charge in [0.05, 0.1) is 24.9 Å². The standard InChI is InChI=1S/C7H12O3/c8-3-6-4-1-2-5(9)7(4)10-6/h4-9H,1-3H2. The molecule has 1 saturated carbocycles. The average molecular weight is 144 g/mol. The third-order valence-electron chi connectivity index (χ3n) is 2.59. The molecule has 0 aromatic heterocycles. The topological polar surface area (TPSA) is 49.7 Å². The number of hydrogen-bond acceptors (Lipinski definition) is 3. The van der Waals surface area contributed by atoms with Crippen molar-refractivity contribution >= 4 is 0 Å². The maximum atomic E-state index is 9.23. The van der Waals surface area contributed by atoms with Gasteiger partial charge in [-0.25, -0.2) is 0 Å². The second-order valence-electron chi connectivity index (χ2n) is 3.13. The minimum absolute atomic E-state index is 0.0159. The zero-order chi connectivity index (χ0) is 7.14. The molecular formula is C7H12O3. The molecule has 0 aromatic carbocycles. The molecule has 0 spiro atoms.